The van der Waals surface area contributed by atoms with Crippen LogP contribution in [0, 0.1) is 10.1 Å². The molecule has 0 aliphatic carbocycles. The molecule has 2 aromatic carbocycles. The fourth-order valence-electron chi connectivity index (χ4n) is 2.66. The maximum atomic E-state index is 12.5. The van der Waals surface area contributed by atoms with Gasteiger partial charge < -0.3 is 23.9 Å². The third-order valence-electron chi connectivity index (χ3n) is 4.09. The number of halogens is 2. The maximum Gasteiger partial charge on any atom is 0.291 e. The van der Waals surface area contributed by atoms with Gasteiger partial charge in [0.2, 0.25) is 6.79 Å². The Hall–Kier alpha value is -3.05. The number of furan rings is 1. The number of ether oxygens (including phenoxy) is 3. The van der Waals surface area contributed by atoms with Crippen molar-refractivity contribution in [2.75, 3.05) is 12.1 Å². The minimum atomic E-state index is -0.528. The molecule has 0 atom stereocenters. The third-order valence-corrected chi connectivity index (χ3v) is 5.34. The average Bonchev–Trinajstić information content (AvgIpc) is 3.37. The summed E-state index contributed by atoms with van der Waals surface area (Å²) in [6, 6.07) is 10.9. The van der Waals surface area contributed by atoms with Gasteiger partial charge in [-0.2, -0.15) is 0 Å². The number of nitro benzene ring substituents is 1. The van der Waals surface area contributed by atoms with Crippen LogP contribution < -0.4 is 19.5 Å². The highest BCUT2D eigenvalue weighted by atomic mass is 79.9. The van der Waals surface area contributed by atoms with E-state index in [9.17, 15) is 14.9 Å². The molecule has 30 heavy (non-hydrogen) atoms. The molecule has 1 aromatic heterocycles. The molecule has 0 radical (unpaired) electrons. The maximum absolute atomic E-state index is 12.5. The van der Waals surface area contributed by atoms with Gasteiger partial charge in [-0.3, -0.25) is 14.9 Å². The van der Waals surface area contributed by atoms with Gasteiger partial charge in [0.25, 0.3) is 11.6 Å². The summed E-state index contributed by atoms with van der Waals surface area (Å²) < 4.78 is 22.5. The zero-order valence-electron chi connectivity index (χ0n) is 15.0. The predicted octanol–water partition coefficient (Wildman–Crippen LogP) is 5.27. The van der Waals surface area contributed by atoms with E-state index in [0.29, 0.717) is 37.6 Å². The molecular weight excluding hydrogens is 528 g/mol. The molecule has 154 valence electrons. The minimum absolute atomic E-state index is 0.0661. The Morgan fingerprint density at radius 3 is 2.57 bits per heavy atom. The summed E-state index contributed by atoms with van der Waals surface area (Å²) in [5.41, 5.74) is 0.229. The Labute approximate surface area is 186 Å². The number of fused-ring (bicyclic) bond motifs is 1. The molecule has 3 aromatic rings. The second-order valence-electron chi connectivity index (χ2n) is 6.07. The summed E-state index contributed by atoms with van der Waals surface area (Å²) in [6.45, 7) is 0.286. The molecule has 0 saturated heterocycles. The monoisotopic (exact) mass is 538 g/mol. The van der Waals surface area contributed by atoms with Gasteiger partial charge in [-0.05, 0) is 56.1 Å². The Morgan fingerprint density at radius 1 is 1.10 bits per heavy atom. The van der Waals surface area contributed by atoms with E-state index in [1.807, 2.05) is 0 Å². The molecule has 0 fully saturated rings. The lowest BCUT2D eigenvalue weighted by molar-refractivity contribution is -0.385. The Balaban J connectivity index is 1.41. The lowest BCUT2D eigenvalue weighted by atomic mass is 10.2. The molecule has 0 unspecified atom stereocenters. The Bertz CT molecular complexity index is 1120. The van der Waals surface area contributed by atoms with E-state index in [4.69, 9.17) is 18.6 Å². The van der Waals surface area contributed by atoms with Crippen molar-refractivity contribution in [3.63, 3.8) is 0 Å². The fraction of sp³-hybridized carbons (Fsp3) is 0.105. The number of hydrogen-bond acceptors (Lipinski definition) is 7. The van der Waals surface area contributed by atoms with Crippen molar-refractivity contribution >= 4 is 49.1 Å². The summed E-state index contributed by atoms with van der Waals surface area (Å²) in [5.74, 6) is 1.82. The topological polar surface area (TPSA) is 113 Å². The number of nitro groups is 1. The molecular formula is C19H12Br2N2O7. The number of anilines is 1. The number of rotatable bonds is 6. The predicted molar refractivity (Wildman–Crippen MR) is 112 cm³/mol. The van der Waals surface area contributed by atoms with Crippen LogP contribution in [0.5, 0.6) is 17.2 Å². The minimum Gasteiger partial charge on any atom is -0.486 e. The van der Waals surface area contributed by atoms with Crippen LogP contribution in [-0.2, 0) is 6.61 Å². The first-order valence-corrected chi connectivity index (χ1v) is 10.1. The van der Waals surface area contributed by atoms with E-state index in [0.717, 1.165) is 0 Å². The van der Waals surface area contributed by atoms with Crippen LogP contribution in [0.1, 0.15) is 16.3 Å². The number of non-ortho nitro benzene ring substituents is 1. The smallest absolute Gasteiger partial charge is 0.291 e. The summed E-state index contributed by atoms with van der Waals surface area (Å²) >= 11 is 6.45. The molecule has 2 heterocycles. The number of carbonyl (C=O) groups is 1. The first-order chi connectivity index (χ1) is 14.4. The molecule has 0 bridgehead atoms. The molecule has 0 saturated carbocycles. The number of nitrogens with one attached hydrogen (secondary N) is 1. The number of hydrogen-bond donors (Lipinski definition) is 1. The van der Waals surface area contributed by atoms with E-state index in [2.05, 4.69) is 37.2 Å². The van der Waals surface area contributed by atoms with E-state index < -0.39 is 10.8 Å². The van der Waals surface area contributed by atoms with Crippen molar-refractivity contribution in [3.8, 4) is 17.2 Å². The molecule has 9 nitrogen and oxygen atoms in total. The number of nitrogens with zero attached hydrogens (tertiary/aromatic N) is 1. The molecule has 0 spiro atoms. The van der Waals surface area contributed by atoms with Crippen molar-refractivity contribution in [2.45, 2.75) is 6.61 Å². The number of benzene rings is 2. The summed E-state index contributed by atoms with van der Waals surface area (Å²) in [6.07, 6.45) is 0. The largest absolute Gasteiger partial charge is 0.486 e. The molecule has 1 N–H and O–H groups in total. The normalized spacial score (nSPS) is 11.9. The number of carbonyl (C=O) groups excluding carboxylic acids is 1. The SMILES string of the molecule is O=C(Nc1c(Br)cc([N+](=O)[O-])cc1Br)c1ccc(COc2ccc3c(c2)OCO3)o1. The van der Waals surface area contributed by atoms with Gasteiger partial charge in [-0.25, -0.2) is 0 Å². The van der Waals surface area contributed by atoms with Crippen molar-refractivity contribution < 1.29 is 28.3 Å². The molecule has 4 rings (SSSR count). The first-order valence-electron chi connectivity index (χ1n) is 8.46. The third kappa shape index (κ3) is 4.26. The first kappa shape index (κ1) is 20.2. The lowest BCUT2D eigenvalue weighted by Gasteiger charge is -2.08. The highest BCUT2D eigenvalue weighted by Crippen LogP contribution is 2.36. The molecule has 1 aliphatic rings. The van der Waals surface area contributed by atoms with Crippen LogP contribution in [0.4, 0.5) is 11.4 Å². The van der Waals surface area contributed by atoms with Gasteiger partial charge in [0.1, 0.15) is 18.1 Å². The van der Waals surface area contributed by atoms with Gasteiger partial charge in [0.15, 0.2) is 17.3 Å². The lowest BCUT2D eigenvalue weighted by Crippen LogP contribution is -2.12. The zero-order chi connectivity index (χ0) is 21.3. The van der Waals surface area contributed by atoms with Crippen LogP contribution in [0.2, 0.25) is 0 Å². The van der Waals surface area contributed by atoms with Crippen molar-refractivity contribution in [1.82, 2.24) is 0 Å². The van der Waals surface area contributed by atoms with Gasteiger partial charge in [-0.1, -0.05) is 0 Å². The zero-order valence-corrected chi connectivity index (χ0v) is 18.2. The second kappa shape index (κ2) is 8.36. The average molecular weight is 540 g/mol. The molecule has 1 amide bonds. The van der Waals surface area contributed by atoms with Crippen molar-refractivity contribution in [2.24, 2.45) is 0 Å². The highest BCUT2D eigenvalue weighted by Gasteiger charge is 2.19. The van der Waals surface area contributed by atoms with E-state index in [1.165, 1.54) is 18.2 Å². The fourth-order valence-corrected chi connectivity index (χ4v) is 4.02. The van der Waals surface area contributed by atoms with Crippen molar-refractivity contribution in [3.05, 3.63) is 73.0 Å². The second-order valence-corrected chi connectivity index (χ2v) is 7.77. The van der Waals surface area contributed by atoms with Gasteiger partial charge >= 0.3 is 0 Å². The highest BCUT2D eigenvalue weighted by molar-refractivity contribution is 9.11. The van der Waals surface area contributed by atoms with Gasteiger partial charge in [0.05, 0.1) is 10.6 Å². The summed E-state index contributed by atoms with van der Waals surface area (Å²) in [4.78, 5) is 22.9. The van der Waals surface area contributed by atoms with Crippen LogP contribution in [-0.4, -0.2) is 17.6 Å². The molecule has 11 heteroatoms. The van der Waals surface area contributed by atoms with E-state index in [-0.39, 0.29) is 24.8 Å². The van der Waals surface area contributed by atoms with Gasteiger partial charge in [-0.15, -0.1) is 0 Å². The standard InChI is InChI=1S/C19H12Br2N2O7/c20-13-5-10(23(25)26)6-14(21)18(13)22-19(24)16-4-2-12(30-16)8-27-11-1-3-15-17(7-11)29-9-28-15/h1-7H,8-9H2,(H,22,24). The molecule has 1 aliphatic heterocycles. The van der Waals surface area contributed by atoms with Crippen LogP contribution in [0.3, 0.4) is 0 Å². The van der Waals surface area contributed by atoms with Crippen LogP contribution in [0.25, 0.3) is 0 Å². The Morgan fingerprint density at radius 2 is 1.83 bits per heavy atom. The van der Waals surface area contributed by atoms with Gasteiger partial charge in [0, 0.05) is 27.1 Å². The summed E-state index contributed by atoms with van der Waals surface area (Å²) in [5, 5.41) is 13.6. The van der Waals surface area contributed by atoms with Crippen LogP contribution >= 0.6 is 31.9 Å². The Kier molecular flexibility index (Phi) is 5.64. The van der Waals surface area contributed by atoms with Crippen LogP contribution in [0.15, 0.2) is 55.8 Å². The van der Waals surface area contributed by atoms with E-state index >= 15 is 0 Å². The quantitative estimate of drug-likeness (QED) is 0.335. The van der Waals surface area contributed by atoms with E-state index in [1.54, 1.807) is 24.3 Å². The van der Waals surface area contributed by atoms with Crippen molar-refractivity contribution in [1.29, 1.82) is 0 Å². The number of amides is 1. The summed E-state index contributed by atoms with van der Waals surface area (Å²) in [7, 11) is 0.